The fraction of sp³-hybridized carbons (Fsp3) is 0.462. The second-order valence-corrected chi connectivity index (χ2v) is 4.54. The van der Waals surface area contributed by atoms with E-state index in [0.29, 0.717) is 17.5 Å². The van der Waals surface area contributed by atoms with Gasteiger partial charge < -0.3 is 4.74 Å². The predicted octanol–water partition coefficient (Wildman–Crippen LogP) is 1.70. The van der Waals surface area contributed by atoms with Crippen LogP contribution in [0.25, 0.3) is 5.82 Å². The molecule has 102 valence electrons. The summed E-state index contributed by atoms with van der Waals surface area (Å²) >= 11 is 0. The van der Waals surface area contributed by atoms with Gasteiger partial charge in [-0.25, -0.2) is 4.79 Å². The average Bonchev–Trinajstić information content (AvgIpc) is 2.70. The molecular formula is C13H18N4O2. The van der Waals surface area contributed by atoms with Gasteiger partial charge in [0.1, 0.15) is 5.82 Å². The first kappa shape index (κ1) is 13.3. The minimum absolute atomic E-state index is 0.0364. The Kier molecular flexibility index (Phi) is 3.99. The van der Waals surface area contributed by atoms with Gasteiger partial charge in [0.25, 0.3) is 0 Å². The van der Waals surface area contributed by atoms with E-state index in [4.69, 9.17) is 4.74 Å². The number of nitrogens with zero attached hydrogens (tertiary/aromatic N) is 3. The van der Waals surface area contributed by atoms with Crippen LogP contribution >= 0.6 is 0 Å². The molecule has 6 nitrogen and oxygen atoms in total. The van der Waals surface area contributed by atoms with Crippen LogP contribution in [-0.4, -0.2) is 25.9 Å². The summed E-state index contributed by atoms with van der Waals surface area (Å²) in [5.41, 5.74) is -0.280. The van der Waals surface area contributed by atoms with Crippen molar-refractivity contribution in [3.63, 3.8) is 0 Å². The largest absolute Gasteiger partial charge is 0.475 e. The number of aromatic nitrogens is 4. The molecule has 0 amide bonds. The Morgan fingerprint density at radius 2 is 2.21 bits per heavy atom. The number of hydrogen-bond donors (Lipinski definition) is 1. The van der Waals surface area contributed by atoms with Crippen LogP contribution in [0.5, 0.6) is 5.88 Å². The van der Waals surface area contributed by atoms with Gasteiger partial charge in [0, 0.05) is 12.5 Å². The standard InChI is InChI=1S/C13H18N4O2/c1-4-6-10-14-13(18)17(16-10)11-7-5-8-12(15-11)19-9(2)3/h5,7-9H,4,6H2,1-3H3,(H,14,16,18). The topological polar surface area (TPSA) is 72.8 Å². The third-order valence-corrected chi connectivity index (χ3v) is 2.43. The number of rotatable bonds is 5. The molecule has 0 aliphatic carbocycles. The highest BCUT2D eigenvalue weighted by atomic mass is 16.5. The minimum atomic E-state index is -0.280. The third kappa shape index (κ3) is 3.21. The molecule has 0 aromatic carbocycles. The number of H-pyrrole nitrogens is 1. The van der Waals surface area contributed by atoms with E-state index in [-0.39, 0.29) is 11.8 Å². The van der Waals surface area contributed by atoms with E-state index in [9.17, 15) is 4.79 Å². The molecule has 0 saturated heterocycles. The summed E-state index contributed by atoms with van der Waals surface area (Å²) < 4.78 is 6.77. The molecule has 6 heteroatoms. The SMILES string of the molecule is CCCc1nn(-c2cccc(OC(C)C)n2)c(=O)[nH]1. The van der Waals surface area contributed by atoms with E-state index in [2.05, 4.69) is 15.1 Å². The van der Waals surface area contributed by atoms with Gasteiger partial charge in [-0.1, -0.05) is 13.0 Å². The fourth-order valence-corrected chi connectivity index (χ4v) is 1.70. The van der Waals surface area contributed by atoms with Crippen molar-refractivity contribution in [1.29, 1.82) is 0 Å². The maximum atomic E-state index is 11.8. The number of aromatic amines is 1. The fourth-order valence-electron chi connectivity index (χ4n) is 1.70. The van der Waals surface area contributed by atoms with Crippen LogP contribution in [0.3, 0.4) is 0 Å². The van der Waals surface area contributed by atoms with Gasteiger partial charge in [0.15, 0.2) is 5.82 Å². The zero-order valence-corrected chi connectivity index (χ0v) is 11.4. The molecule has 2 heterocycles. The first-order valence-electron chi connectivity index (χ1n) is 6.42. The van der Waals surface area contributed by atoms with Gasteiger partial charge in [0.2, 0.25) is 5.88 Å². The van der Waals surface area contributed by atoms with Gasteiger partial charge in [-0.3, -0.25) is 4.98 Å². The molecule has 0 aliphatic heterocycles. The van der Waals surface area contributed by atoms with E-state index < -0.39 is 0 Å². The lowest BCUT2D eigenvalue weighted by atomic mass is 10.3. The van der Waals surface area contributed by atoms with Gasteiger partial charge in [-0.15, -0.1) is 5.10 Å². The van der Waals surface area contributed by atoms with Crippen molar-refractivity contribution in [2.75, 3.05) is 0 Å². The van der Waals surface area contributed by atoms with Gasteiger partial charge in [-0.2, -0.15) is 9.67 Å². The molecule has 0 bridgehead atoms. The Morgan fingerprint density at radius 3 is 2.89 bits per heavy atom. The molecule has 2 rings (SSSR count). The molecule has 0 fully saturated rings. The Bertz CT molecular complexity index is 601. The van der Waals surface area contributed by atoms with E-state index in [1.54, 1.807) is 18.2 Å². The Hall–Kier alpha value is -2.11. The molecule has 2 aromatic rings. The zero-order valence-electron chi connectivity index (χ0n) is 11.4. The molecular weight excluding hydrogens is 244 g/mol. The highest BCUT2D eigenvalue weighted by Crippen LogP contribution is 2.11. The molecule has 0 saturated carbocycles. The average molecular weight is 262 g/mol. The second kappa shape index (κ2) is 5.69. The van der Waals surface area contributed by atoms with Crippen molar-refractivity contribution in [2.24, 2.45) is 0 Å². The third-order valence-electron chi connectivity index (χ3n) is 2.43. The van der Waals surface area contributed by atoms with Crippen LogP contribution in [0.1, 0.15) is 33.0 Å². The van der Waals surface area contributed by atoms with Crippen LogP contribution in [0.4, 0.5) is 0 Å². The Morgan fingerprint density at radius 1 is 1.42 bits per heavy atom. The van der Waals surface area contributed by atoms with Crippen molar-refractivity contribution in [2.45, 2.75) is 39.7 Å². The van der Waals surface area contributed by atoms with E-state index in [1.165, 1.54) is 4.68 Å². The summed E-state index contributed by atoms with van der Waals surface area (Å²) in [4.78, 5) is 18.8. The monoisotopic (exact) mass is 262 g/mol. The lowest BCUT2D eigenvalue weighted by Crippen LogP contribution is -2.17. The van der Waals surface area contributed by atoms with Crippen molar-refractivity contribution < 1.29 is 4.74 Å². The lowest BCUT2D eigenvalue weighted by molar-refractivity contribution is 0.232. The number of nitrogens with one attached hydrogen (secondary N) is 1. The van der Waals surface area contributed by atoms with Crippen LogP contribution < -0.4 is 10.4 Å². The normalized spacial score (nSPS) is 10.9. The molecule has 0 aliphatic rings. The smallest absolute Gasteiger partial charge is 0.349 e. The van der Waals surface area contributed by atoms with Crippen molar-refractivity contribution in [3.05, 3.63) is 34.5 Å². The van der Waals surface area contributed by atoms with Gasteiger partial charge >= 0.3 is 5.69 Å². The van der Waals surface area contributed by atoms with Crippen LogP contribution in [0.2, 0.25) is 0 Å². The molecule has 0 unspecified atom stereocenters. The number of pyridine rings is 1. The molecule has 1 N–H and O–H groups in total. The van der Waals surface area contributed by atoms with Crippen LogP contribution in [0, 0.1) is 0 Å². The van der Waals surface area contributed by atoms with Gasteiger partial charge in [-0.05, 0) is 26.3 Å². The summed E-state index contributed by atoms with van der Waals surface area (Å²) in [7, 11) is 0. The summed E-state index contributed by atoms with van der Waals surface area (Å²) in [5, 5.41) is 4.22. The highest BCUT2D eigenvalue weighted by Gasteiger charge is 2.09. The van der Waals surface area contributed by atoms with Crippen LogP contribution in [0.15, 0.2) is 23.0 Å². The Labute approximate surface area is 111 Å². The summed E-state index contributed by atoms with van der Waals surface area (Å²) in [6, 6.07) is 5.28. The van der Waals surface area contributed by atoms with Crippen LogP contribution in [-0.2, 0) is 6.42 Å². The highest BCUT2D eigenvalue weighted by molar-refractivity contribution is 5.26. The van der Waals surface area contributed by atoms with Crippen molar-refractivity contribution >= 4 is 0 Å². The Balaban J connectivity index is 2.33. The zero-order chi connectivity index (χ0) is 13.8. The second-order valence-electron chi connectivity index (χ2n) is 4.54. The summed E-state index contributed by atoms with van der Waals surface area (Å²) in [6.45, 7) is 5.88. The predicted molar refractivity (Wildman–Crippen MR) is 71.7 cm³/mol. The van der Waals surface area contributed by atoms with Crippen molar-refractivity contribution in [3.8, 4) is 11.7 Å². The maximum absolute atomic E-state index is 11.8. The molecule has 0 spiro atoms. The number of hydrogen-bond acceptors (Lipinski definition) is 4. The molecule has 19 heavy (non-hydrogen) atoms. The van der Waals surface area contributed by atoms with Crippen molar-refractivity contribution in [1.82, 2.24) is 19.7 Å². The van der Waals surface area contributed by atoms with E-state index in [1.807, 2.05) is 20.8 Å². The van der Waals surface area contributed by atoms with E-state index in [0.717, 1.165) is 12.8 Å². The number of ether oxygens (including phenoxy) is 1. The lowest BCUT2D eigenvalue weighted by Gasteiger charge is -2.09. The van der Waals surface area contributed by atoms with Gasteiger partial charge in [0.05, 0.1) is 6.10 Å². The quantitative estimate of drug-likeness (QED) is 0.890. The molecule has 0 radical (unpaired) electrons. The minimum Gasteiger partial charge on any atom is -0.475 e. The molecule has 2 aromatic heterocycles. The first-order chi connectivity index (χ1) is 9.10. The first-order valence-corrected chi connectivity index (χ1v) is 6.42. The molecule has 0 atom stereocenters. The summed E-state index contributed by atoms with van der Waals surface area (Å²) in [5.74, 6) is 1.62. The summed E-state index contributed by atoms with van der Waals surface area (Å²) in [6.07, 6.45) is 1.70. The number of aryl methyl sites for hydroxylation is 1. The maximum Gasteiger partial charge on any atom is 0.349 e. The van der Waals surface area contributed by atoms with E-state index >= 15 is 0 Å².